The molecule has 0 heterocycles. The summed E-state index contributed by atoms with van der Waals surface area (Å²) in [4.78, 5) is 0. The SMILES string of the molecule is Cc1cccc(N=NCc2ccccc2)c1. The third kappa shape index (κ3) is 3.02. The summed E-state index contributed by atoms with van der Waals surface area (Å²) in [7, 11) is 0. The van der Waals surface area contributed by atoms with E-state index in [9.17, 15) is 0 Å². The van der Waals surface area contributed by atoms with E-state index in [4.69, 9.17) is 0 Å². The molecule has 2 aromatic rings. The summed E-state index contributed by atoms with van der Waals surface area (Å²) in [5.41, 5.74) is 3.30. The number of benzene rings is 2. The van der Waals surface area contributed by atoms with Crippen molar-refractivity contribution in [2.24, 2.45) is 10.2 Å². The molecule has 0 unspecified atom stereocenters. The van der Waals surface area contributed by atoms with E-state index in [0.717, 1.165) is 5.69 Å². The molecule has 0 saturated carbocycles. The van der Waals surface area contributed by atoms with Crippen LogP contribution in [0.4, 0.5) is 5.69 Å². The fourth-order valence-corrected chi connectivity index (χ4v) is 1.47. The van der Waals surface area contributed by atoms with Crippen LogP contribution in [0, 0.1) is 6.92 Å². The molecule has 2 aromatic carbocycles. The van der Waals surface area contributed by atoms with E-state index in [1.807, 2.05) is 36.4 Å². The van der Waals surface area contributed by atoms with Crippen LogP contribution >= 0.6 is 0 Å². The number of hydrogen-bond acceptors (Lipinski definition) is 2. The second-order valence-electron chi connectivity index (χ2n) is 3.72. The van der Waals surface area contributed by atoms with Gasteiger partial charge in [-0.05, 0) is 30.2 Å². The maximum Gasteiger partial charge on any atom is 0.0855 e. The number of rotatable bonds is 3. The normalized spacial score (nSPS) is 10.8. The van der Waals surface area contributed by atoms with Gasteiger partial charge in [-0.2, -0.15) is 10.2 Å². The van der Waals surface area contributed by atoms with Gasteiger partial charge in [0.1, 0.15) is 0 Å². The topological polar surface area (TPSA) is 24.7 Å². The predicted molar refractivity (Wildman–Crippen MR) is 65.8 cm³/mol. The Morgan fingerprint density at radius 3 is 2.50 bits per heavy atom. The van der Waals surface area contributed by atoms with Crippen LogP contribution in [-0.2, 0) is 6.54 Å². The zero-order chi connectivity index (χ0) is 11.2. The molecule has 0 bridgehead atoms. The van der Waals surface area contributed by atoms with Crippen LogP contribution in [0.25, 0.3) is 0 Å². The lowest BCUT2D eigenvalue weighted by Crippen LogP contribution is -1.77. The van der Waals surface area contributed by atoms with Gasteiger partial charge in [0.15, 0.2) is 0 Å². The van der Waals surface area contributed by atoms with Crippen LogP contribution in [0.5, 0.6) is 0 Å². The van der Waals surface area contributed by atoms with Crippen molar-refractivity contribution in [2.75, 3.05) is 0 Å². The van der Waals surface area contributed by atoms with E-state index in [2.05, 4.69) is 35.4 Å². The highest BCUT2D eigenvalue weighted by molar-refractivity contribution is 5.38. The highest BCUT2D eigenvalue weighted by Crippen LogP contribution is 2.14. The van der Waals surface area contributed by atoms with Crippen molar-refractivity contribution < 1.29 is 0 Å². The molecule has 80 valence electrons. The molecule has 0 fully saturated rings. The molecule has 2 nitrogen and oxygen atoms in total. The number of hydrogen-bond donors (Lipinski definition) is 0. The average molecular weight is 210 g/mol. The molecule has 0 aromatic heterocycles. The van der Waals surface area contributed by atoms with Crippen molar-refractivity contribution in [2.45, 2.75) is 13.5 Å². The Hall–Kier alpha value is -1.96. The van der Waals surface area contributed by atoms with Gasteiger partial charge in [0.25, 0.3) is 0 Å². The zero-order valence-electron chi connectivity index (χ0n) is 9.30. The fraction of sp³-hybridized carbons (Fsp3) is 0.143. The minimum Gasteiger partial charge on any atom is -0.184 e. The molecular formula is C14H14N2. The number of azo groups is 1. The Kier molecular flexibility index (Phi) is 3.44. The van der Waals surface area contributed by atoms with Crippen LogP contribution in [-0.4, -0.2) is 0 Å². The van der Waals surface area contributed by atoms with Crippen molar-refractivity contribution in [3.63, 3.8) is 0 Å². The predicted octanol–water partition coefficient (Wildman–Crippen LogP) is 4.28. The minimum absolute atomic E-state index is 0.634. The van der Waals surface area contributed by atoms with E-state index in [1.165, 1.54) is 11.1 Å². The van der Waals surface area contributed by atoms with Crippen molar-refractivity contribution in [3.05, 3.63) is 65.7 Å². The molecule has 0 aliphatic rings. The molecule has 0 saturated heterocycles. The largest absolute Gasteiger partial charge is 0.184 e. The van der Waals surface area contributed by atoms with Crippen LogP contribution in [0.15, 0.2) is 64.8 Å². The smallest absolute Gasteiger partial charge is 0.0855 e. The van der Waals surface area contributed by atoms with Crippen molar-refractivity contribution in [1.29, 1.82) is 0 Å². The summed E-state index contributed by atoms with van der Waals surface area (Å²) in [5.74, 6) is 0. The highest BCUT2D eigenvalue weighted by atomic mass is 15.1. The monoisotopic (exact) mass is 210 g/mol. The van der Waals surface area contributed by atoms with E-state index in [1.54, 1.807) is 0 Å². The lowest BCUT2D eigenvalue weighted by atomic mass is 10.2. The Balaban J connectivity index is 2.00. The third-order valence-electron chi connectivity index (χ3n) is 2.28. The molecule has 2 rings (SSSR count). The number of aryl methyl sites for hydroxylation is 1. The average Bonchev–Trinajstić information content (AvgIpc) is 2.30. The molecule has 0 atom stereocenters. The summed E-state index contributed by atoms with van der Waals surface area (Å²) < 4.78 is 0. The van der Waals surface area contributed by atoms with Crippen LogP contribution in [0.3, 0.4) is 0 Å². The van der Waals surface area contributed by atoms with E-state index in [-0.39, 0.29) is 0 Å². The minimum atomic E-state index is 0.634. The summed E-state index contributed by atoms with van der Waals surface area (Å²) in [6, 6.07) is 18.2. The molecule has 0 radical (unpaired) electrons. The Morgan fingerprint density at radius 2 is 1.75 bits per heavy atom. The van der Waals surface area contributed by atoms with Crippen LogP contribution in [0.1, 0.15) is 11.1 Å². The molecular weight excluding hydrogens is 196 g/mol. The number of nitrogens with zero attached hydrogens (tertiary/aromatic N) is 2. The van der Waals surface area contributed by atoms with Crippen molar-refractivity contribution >= 4 is 5.69 Å². The first kappa shape index (κ1) is 10.6. The first-order valence-electron chi connectivity index (χ1n) is 5.33. The Labute approximate surface area is 95.7 Å². The van der Waals surface area contributed by atoms with Gasteiger partial charge in [-0.3, -0.25) is 0 Å². The molecule has 0 N–H and O–H groups in total. The van der Waals surface area contributed by atoms with Crippen LogP contribution in [0.2, 0.25) is 0 Å². The van der Waals surface area contributed by atoms with Crippen LogP contribution < -0.4 is 0 Å². The standard InChI is InChI=1S/C14H14N2/c1-12-6-5-9-14(10-12)16-15-11-13-7-3-2-4-8-13/h2-10H,11H2,1H3. The summed E-state index contributed by atoms with van der Waals surface area (Å²) in [6.45, 7) is 2.69. The summed E-state index contributed by atoms with van der Waals surface area (Å²) in [6.07, 6.45) is 0. The van der Waals surface area contributed by atoms with Gasteiger partial charge in [-0.1, -0.05) is 42.5 Å². The first-order valence-corrected chi connectivity index (χ1v) is 5.33. The van der Waals surface area contributed by atoms with E-state index in [0.29, 0.717) is 6.54 Å². The van der Waals surface area contributed by atoms with Gasteiger partial charge in [-0.25, -0.2) is 0 Å². The first-order chi connectivity index (χ1) is 7.84. The second-order valence-corrected chi connectivity index (χ2v) is 3.72. The fourth-order valence-electron chi connectivity index (χ4n) is 1.47. The van der Waals surface area contributed by atoms with E-state index < -0.39 is 0 Å². The summed E-state index contributed by atoms with van der Waals surface area (Å²) in [5, 5.41) is 8.37. The quantitative estimate of drug-likeness (QED) is 0.675. The van der Waals surface area contributed by atoms with Gasteiger partial charge in [0.05, 0.1) is 12.2 Å². The van der Waals surface area contributed by atoms with E-state index >= 15 is 0 Å². The lowest BCUT2D eigenvalue weighted by molar-refractivity contribution is 0.959. The van der Waals surface area contributed by atoms with Gasteiger partial charge in [-0.15, -0.1) is 0 Å². The molecule has 2 heteroatoms. The molecule has 0 amide bonds. The van der Waals surface area contributed by atoms with Gasteiger partial charge in [0.2, 0.25) is 0 Å². The van der Waals surface area contributed by atoms with Gasteiger partial charge in [0, 0.05) is 0 Å². The molecule has 0 aliphatic carbocycles. The maximum atomic E-state index is 4.19. The third-order valence-corrected chi connectivity index (χ3v) is 2.28. The molecule has 16 heavy (non-hydrogen) atoms. The van der Waals surface area contributed by atoms with Crippen molar-refractivity contribution in [1.82, 2.24) is 0 Å². The summed E-state index contributed by atoms with van der Waals surface area (Å²) >= 11 is 0. The second kappa shape index (κ2) is 5.21. The Bertz CT molecular complexity index is 475. The van der Waals surface area contributed by atoms with Crippen molar-refractivity contribution in [3.8, 4) is 0 Å². The molecule has 0 aliphatic heterocycles. The highest BCUT2D eigenvalue weighted by Gasteiger charge is 1.90. The zero-order valence-corrected chi connectivity index (χ0v) is 9.30. The lowest BCUT2D eigenvalue weighted by Gasteiger charge is -1.95. The van der Waals surface area contributed by atoms with Gasteiger partial charge >= 0.3 is 0 Å². The molecule has 0 spiro atoms. The maximum absolute atomic E-state index is 4.19. The Morgan fingerprint density at radius 1 is 0.938 bits per heavy atom. The van der Waals surface area contributed by atoms with Gasteiger partial charge < -0.3 is 0 Å².